The van der Waals surface area contributed by atoms with Gasteiger partial charge in [-0.1, -0.05) is 23.9 Å². The van der Waals surface area contributed by atoms with Crippen LogP contribution in [0.25, 0.3) is 16.7 Å². The van der Waals surface area contributed by atoms with Crippen molar-refractivity contribution in [1.29, 1.82) is 0 Å². The number of benzene rings is 2. The van der Waals surface area contributed by atoms with Crippen LogP contribution in [0.4, 0.5) is 4.39 Å². The Bertz CT molecular complexity index is 1410. The number of aromatic nitrogens is 3. The number of carbonyl (C=O) groups excluding carboxylic acids is 2. The monoisotopic (exact) mass is 463 g/mol. The number of hydrogen-bond donors (Lipinski definition) is 2. The van der Waals surface area contributed by atoms with E-state index in [-0.39, 0.29) is 22.0 Å². The zero-order valence-electron chi connectivity index (χ0n) is 17.4. The van der Waals surface area contributed by atoms with Gasteiger partial charge >= 0.3 is 0 Å². The number of amides is 2. The molecule has 0 unspecified atom stereocenters. The maximum absolute atomic E-state index is 13.2. The summed E-state index contributed by atoms with van der Waals surface area (Å²) in [7, 11) is 0. The molecular weight excluding hydrogens is 445 g/mol. The molecular formula is C23H18FN5O3S. The standard InChI is InChI=1S/C23H18FN5O3S/c1-14-10-11-25-19(12-14)29-22(32)17-4-2-3-5-18(17)26-23(29)33-13-20(30)27-28-21(31)15-6-8-16(24)9-7-15/h2-12H,13H2,1H3,(H,27,30)(H,28,31). The second kappa shape index (κ2) is 9.61. The van der Waals surface area contributed by atoms with Crippen molar-refractivity contribution in [2.24, 2.45) is 0 Å². The van der Waals surface area contributed by atoms with E-state index in [4.69, 9.17) is 0 Å². The van der Waals surface area contributed by atoms with Crippen molar-refractivity contribution >= 4 is 34.5 Å². The van der Waals surface area contributed by atoms with Gasteiger partial charge in [0.1, 0.15) is 11.6 Å². The van der Waals surface area contributed by atoms with Crippen LogP contribution in [0.15, 0.2) is 76.8 Å². The van der Waals surface area contributed by atoms with E-state index < -0.39 is 17.6 Å². The van der Waals surface area contributed by atoms with E-state index in [0.29, 0.717) is 16.7 Å². The molecule has 4 aromatic rings. The highest BCUT2D eigenvalue weighted by molar-refractivity contribution is 7.99. The van der Waals surface area contributed by atoms with Crippen molar-refractivity contribution in [1.82, 2.24) is 25.4 Å². The van der Waals surface area contributed by atoms with Gasteiger partial charge < -0.3 is 0 Å². The summed E-state index contributed by atoms with van der Waals surface area (Å²) < 4.78 is 14.4. The molecule has 0 atom stereocenters. The molecule has 2 N–H and O–H groups in total. The predicted molar refractivity (Wildman–Crippen MR) is 123 cm³/mol. The number of pyridine rings is 1. The Morgan fingerprint density at radius 2 is 1.82 bits per heavy atom. The molecule has 166 valence electrons. The number of nitrogens with one attached hydrogen (secondary N) is 2. The van der Waals surface area contributed by atoms with Gasteiger partial charge in [0.15, 0.2) is 5.16 Å². The normalized spacial score (nSPS) is 10.7. The van der Waals surface area contributed by atoms with Gasteiger partial charge in [0.25, 0.3) is 11.5 Å². The van der Waals surface area contributed by atoms with Crippen molar-refractivity contribution in [3.8, 4) is 5.82 Å². The Kier molecular flexibility index (Phi) is 6.45. The summed E-state index contributed by atoms with van der Waals surface area (Å²) in [6.07, 6.45) is 1.60. The molecule has 2 aromatic carbocycles. The van der Waals surface area contributed by atoms with Gasteiger partial charge in [-0.2, -0.15) is 0 Å². The highest BCUT2D eigenvalue weighted by Gasteiger charge is 2.16. The summed E-state index contributed by atoms with van der Waals surface area (Å²) in [5.41, 5.74) is 5.88. The number of aryl methyl sites for hydroxylation is 1. The molecule has 0 bridgehead atoms. The van der Waals surface area contributed by atoms with Gasteiger partial charge in [-0.05, 0) is 61.0 Å². The fourth-order valence-electron chi connectivity index (χ4n) is 3.02. The molecule has 8 nitrogen and oxygen atoms in total. The zero-order chi connectivity index (χ0) is 23.4. The highest BCUT2D eigenvalue weighted by Crippen LogP contribution is 2.20. The number of thioether (sulfide) groups is 1. The van der Waals surface area contributed by atoms with Crippen molar-refractivity contribution < 1.29 is 14.0 Å². The lowest BCUT2D eigenvalue weighted by atomic mass is 10.2. The Morgan fingerprint density at radius 1 is 1.06 bits per heavy atom. The fraction of sp³-hybridized carbons (Fsp3) is 0.0870. The number of para-hydroxylation sites is 1. The fourth-order valence-corrected chi connectivity index (χ4v) is 3.82. The quantitative estimate of drug-likeness (QED) is 0.268. The molecule has 0 aliphatic heterocycles. The van der Waals surface area contributed by atoms with Gasteiger partial charge in [0.05, 0.1) is 16.7 Å². The van der Waals surface area contributed by atoms with Crippen LogP contribution in [0.3, 0.4) is 0 Å². The van der Waals surface area contributed by atoms with Gasteiger partial charge in [0.2, 0.25) is 5.91 Å². The van der Waals surface area contributed by atoms with E-state index in [1.165, 1.54) is 16.7 Å². The maximum Gasteiger partial charge on any atom is 0.269 e. The molecule has 10 heteroatoms. The number of rotatable bonds is 5. The summed E-state index contributed by atoms with van der Waals surface area (Å²) >= 11 is 1.03. The molecule has 0 saturated carbocycles. The molecule has 2 heterocycles. The summed E-state index contributed by atoms with van der Waals surface area (Å²) in [4.78, 5) is 46.4. The van der Waals surface area contributed by atoms with E-state index in [1.807, 2.05) is 13.0 Å². The van der Waals surface area contributed by atoms with Gasteiger partial charge in [0, 0.05) is 11.8 Å². The van der Waals surface area contributed by atoms with Crippen LogP contribution in [-0.2, 0) is 4.79 Å². The summed E-state index contributed by atoms with van der Waals surface area (Å²) in [5.74, 6) is -1.30. The molecule has 0 saturated heterocycles. The van der Waals surface area contributed by atoms with Crippen LogP contribution in [-0.4, -0.2) is 32.1 Å². The Labute approximate surface area is 191 Å². The zero-order valence-corrected chi connectivity index (χ0v) is 18.2. The minimum absolute atomic E-state index is 0.125. The minimum Gasteiger partial charge on any atom is -0.272 e. The van der Waals surface area contributed by atoms with E-state index >= 15 is 0 Å². The smallest absolute Gasteiger partial charge is 0.269 e. The molecule has 0 fully saturated rings. The molecule has 0 aliphatic rings. The average Bonchev–Trinajstić information content (AvgIpc) is 2.81. The summed E-state index contributed by atoms with van der Waals surface area (Å²) in [6.45, 7) is 1.88. The first kappa shape index (κ1) is 22.2. The molecule has 0 aliphatic carbocycles. The third-order valence-corrected chi connectivity index (χ3v) is 5.57. The largest absolute Gasteiger partial charge is 0.272 e. The minimum atomic E-state index is -0.585. The predicted octanol–water partition coefficient (Wildman–Crippen LogP) is 2.78. The molecule has 0 radical (unpaired) electrons. The van der Waals surface area contributed by atoms with Crippen LogP contribution in [0.5, 0.6) is 0 Å². The number of hydrazine groups is 1. The molecule has 0 spiro atoms. The lowest BCUT2D eigenvalue weighted by Crippen LogP contribution is -2.42. The third-order valence-electron chi connectivity index (χ3n) is 4.63. The first-order chi connectivity index (χ1) is 15.9. The van der Waals surface area contributed by atoms with Crippen molar-refractivity contribution in [3.63, 3.8) is 0 Å². The summed E-state index contributed by atoms with van der Waals surface area (Å²) in [6, 6.07) is 15.4. The second-order valence-corrected chi connectivity index (χ2v) is 7.98. The number of fused-ring (bicyclic) bond motifs is 1. The Balaban J connectivity index is 1.53. The van der Waals surface area contributed by atoms with Gasteiger partial charge in [-0.3, -0.25) is 25.2 Å². The molecule has 33 heavy (non-hydrogen) atoms. The maximum atomic E-state index is 13.2. The van der Waals surface area contributed by atoms with E-state index in [0.717, 1.165) is 29.5 Å². The lowest BCUT2D eigenvalue weighted by Gasteiger charge is -2.13. The number of hydrogen-bond acceptors (Lipinski definition) is 6. The molecule has 2 amide bonds. The highest BCUT2D eigenvalue weighted by atomic mass is 32.2. The summed E-state index contributed by atoms with van der Waals surface area (Å²) in [5, 5.41) is 0.720. The van der Waals surface area contributed by atoms with Crippen LogP contribution in [0.2, 0.25) is 0 Å². The second-order valence-electron chi connectivity index (χ2n) is 7.04. The first-order valence-electron chi connectivity index (χ1n) is 9.85. The van der Waals surface area contributed by atoms with Crippen molar-refractivity contribution in [2.45, 2.75) is 12.1 Å². The van der Waals surface area contributed by atoms with E-state index in [9.17, 15) is 18.8 Å². The number of carbonyl (C=O) groups is 2. The van der Waals surface area contributed by atoms with Crippen LogP contribution in [0, 0.1) is 12.7 Å². The Morgan fingerprint density at radius 3 is 2.58 bits per heavy atom. The van der Waals surface area contributed by atoms with Gasteiger partial charge in [-0.25, -0.2) is 18.9 Å². The third kappa shape index (κ3) is 5.07. The number of nitrogens with zero attached hydrogens (tertiary/aromatic N) is 3. The van der Waals surface area contributed by atoms with Crippen molar-refractivity contribution in [3.05, 3.63) is 94.2 Å². The van der Waals surface area contributed by atoms with Crippen LogP contribution in [0.1, 0.15) is 15.9 Å². The van der Waals surface area contributed by atoms with E-state index in [2.05, 4.69) is 20.8 Å². The SMILES string of the molecule is Cc1ccnc(-n2c(SCC(=O)NNC(=O)c3ccc(F)cc3)nc3ccccc3c2=O)c1. The molecule has 4 rings (SSSR count). The lowest BCUT2D eigenvalue weighted by molar-refractivity contribution is -0.119. The Hall–Kier alpha value is -4.05. The molecule has 2 aromatic heterocycles. The number of halogens is 1. The van der Waals surface area contributed by atoms with Gasteiger partial charge in [-0.15, -0.1) is 0 Å². The van der Waals surface area contributed by atoms with E-state index in [1.54, 1.807) is 36.5 Å². The van der Waals surface area contributed by atoms with Crippen molar-refractivity contribution in [2.75, 3.05) is 5.75 Å². The van der Waals surface area contributed by atoms with Crippen LogP contribution < -0.4 is 16.4 Å². The average molecular weight is 463 g/mol. The topological polar surface area (TPSA) is 106 Å². The van der Waals surface area contributed by atoms with Crippen LogP contribution >= 0.6 is 11.8 Å². The first-order valence-corrected chi connectivity index (χ1v) is 10.8.